The van der Waals surface area contributed by atoms with Crippen molar-refractivity contribution >= 4 is 0 Å². The molecule has 1 aliphatic carbocycles. The third-order valence-corrected chi connectivity index (χ3v) is 4.25. The highest BCUT2D eigenvalue weighted by Crippen LogP contribution is 2.41. The Morgan fingerprint density at radius 2 is 2.35 bits per heavy atom. The lowest BCUT2D eigenvalue weighted by Crippen LogP contribution is -2.35. The topological polar surface area (TPSA) is 68.4 Å². The van der Waals surface area contributed by atoms with Crippen molar-refractivity contribution < 1.29 is 14.4 Å². The van der Waals surface area contributed by atoms with Gasteiger partial charge in [0.25, 0.3) is 0 Å². The first-order chi connectivity index (χ1) is 9.59. The predicted octanol–water partition coefficient (Wildman–Crippen LogP) is 2.82. The van der Waals surface area contributed by atoms with Crippen molar-refractivity contribution in [2.75, 3.05) is 7.11 Å². The van der Waals surface area contributed by atoms with E-state index in [1.165, 1.54) is 6.42 Å². The van der Waals surface area contributed by atoms with E-state index in [9.17, 15) is 5.11 Å². The summed E-state index contributed by atoms with van der Waals surface area (Å²) in [6, 6.07) is 0. The largest absolute Gasteiger partial charge is 0.393 e. The highest BCUT2D eigenvalue weighted by molar-refractivity contribution is 5.04. The zero-order chi connectivity index (χ0) is 14.6. The number of hydrogen-bond acceptors (Lipinski definition) is 5. The van der Waals surface area contributed by atoms with Crippen molar-refractivity contribution in [2.24, 2.45) is 5.92 Å². The molecule has 1 saturated carbocycles. The lowest BCUT2D eigenvalue weighted by Gasteiger charge is -2.36. The second-order valence-electron chi connectivity index (χ2n) is 6.06. The summed E-state index contributed by atoms with van der Waals surface area (Å²) in [5.41, 5.74) is -0.408. The number of nitrogens with zero attached hydrogens (tertiary/aromatic N) is 2. The molecule has 1 aromatic rings. The van der Waals surface area contributed by atoms with Crippen molar-refractivity contribution in [3.8, 4) is 0 Å². The van der Waals surface area contributed by atoms with Gasteiger partial charge >= 0.3 is 0 Å². The van der Waals surface area contributed by atoms with Crippen LogP contribution in [0.25, 0.3) is 0 Å². The fraction of sp³-hybridized carbons (Fsp3) is 0.867. The summed E-state index contributed by atoms with van der Waals surface area (Å²) in [5.74, 6) is 1.76. The molecule has 0 saturated heterocycles. The van der Waals surface area contributed by atoms with E-state index in [4.69, 9.17) is 9.26 Å². The van der Waals surface area contributed by atoms with Gasteiger partial charge in [0.1, 0.15) is 5.60 Å². The lowest BCUT2D eigenvalue weighted by molar-refractivity contribution is -0.0658. The maximum Gasteiger partial charge on any atom is 0.229 e. The van der Waals surface area contributed by atoms with Gasteiger partial charge in [-0.3, -0.25) is 0 Å². The van der Waals surface area contributed by atoms with E-state index in [2.05, 4.69) is 17.1 Å². The molecular weight excluding hydrogens is 256 g/mol. The zero-order valence-electron chi connectivity index (χ0n) is 12.8. The van der Waals surface area contributed by atoms with Crippen LogP contribution in [0.15, 0.2) is 4.52 Å². The summed E-state index contributed by atoms with van der Waals surface area (Å²) in [4.78, 5) is 4.47. The summed E-state index contributed by atoms with van der Waals surface area (Å²) < 4.78 is 11.0. The Labute approximate surface area is 120 Å². The molecule has 3 atom stereocenters. The smallest absolute Gasteiger partial charge is 0.229 e. The van der Waals surface area contributed by atoms with Gasteiger partial charge in [-0.05, 0) is 31.6 Å². The Hall–Kier alpha value is -0.940. The molecule has 1 fully saturated rings. The maximum absolute atomic E-state index is 9.83. The molecule has 0 bridgehead atoms. The maximum atomic E-state index is 9.83. The van der Waals surface area contributed by atoms with Gasteiger partial charge in [0, 0.05) is 7.11 Å². The second kappa shape index (κ2) is 6.68. The van der Waals surface area contributed by atoms with Crippen LogP contribution in [0, 0.1) is 5.92 Å². The number of ether oxygens (including phenoxy) is 1. The van der Waals surface area contributed by atoms with E-state index >= 15 is 0 Å². The van der Waals surface area contributed by atoms with Gasteiger partial charge in [0.05, 0.1) is 12.5 Å². The van der Waals surface area contributed by atoms with E-state index in [1.54, 1.807) is 7.11 Å². The van der Waals surface area contributed by atoms with Gasteiger partial charge in [0.2, 0.25) is 11.7 Å². The first-order valence-electron chi connectivity index (χ1n) is 7.66. The minimum Gasteiger partial charge on any atom is -0.393 e. The van der Waals surface area contributed by atoms with Gasteiger partial charge in [-0.25, -0.2) is 0 Å². The van der Waals surface area contributed by atoms with Gasteiger partial charge in [-0.1, -0.05) is 31.8 Å². The van der Waals surface area contributed by atoms with E-state index in [1.807, 2.05) is 6.92 Å². The van der Waals surface area contributed by atoms with Crippen LogP contribution in [-0.2, 0) is 16.8 Å². The standard InChI is InChI=1S/C15H26N2O3/c1-4-6-12(18)9-13-16-14(17-20-13)15(19-3)8-5-7-11(2)10-15/h11-12,18H,4-10H2,1-3H3. The molecular formula is C15H26N2O3. The van der Waals surface area contributed by atoms with Crippen LogP contribution in [0.1, 0.15) is 64.1 Å². The Bertz CT molecular complexity index is 421. The van der Waals surface area contributed by atoms with Crippen LogP contribution in [0.3, 0.4) is 0 Å². The Balaban J connectivity index is 2.09. The Kier molecular flexibility index (Phi) is 5.16. The third-order valence-electron chi connectivity index (χ3n) is 4.25. The normalized spacial score (nSPS) is 28.5. The fourth-order valence-electron chi connectivity index (χ4n) is 3.14. The van der Waals surface area contributed by atoms with Crippen molar-refractivity contribution in [2.45, 2.75) is 70.5 Å². The third kappa shape index (κ3) is 3.38. The Morgan fingerprint density at radius 1 is 1.55 bits per heavy atom. The zero-order valence-corrected chi connectivity index (χ0v) is 12.8. The van der Waals surface area contributed by atoms with E-state index in [-0.39, 0.29) is 0 Å². The highest BCUT2D eigenvalue weighted by atomic mass is 16.5. The van der Waals surface area contributed by atoms with Crippen LogP contribution in [0.5, 0.6) is 0 Å². The molecule has 1 aliphatic rings. The SMILES string of the molecule is CCCC(O)Cc1nc(C2(OC)CCCC(C)C2)no1. The lowest BCUT2D eigenvalue weighted by atomic mass is 9.78. The molecule has 5 heteroatoms. The molecule has 1 heterocycles. The number of rotatable bonds is 6. The van der Waals surface area contributed by atoms with Gasteiger partial charge in [-0.15, -0.1) is 0 Å². The minimum atomic E-state index is -0.408. The molecule has 0 spiro atoms. The fourth-order valence-corrected chi connectivity index (χ4v) is 3.14. The number of hydrogen-bond donors (Lipinski definition) is 1. The molecule has 1 N–H and O–H groups in total. The summed E-state index contributed by atoms with van der Waals surface area (Å²) in [7, 11) is 1.72. The summed E-state index contributed by atoms with van der Waals surface area (Å²) in [6.07, 6.45) is 5.94. The first-order valence-corrected chi connectivity index (χ1v) is 7.66. The molecule has 0 aromatic carbocycles. The molecule has 1 aromatic heterocycles. The second-order valence-corrected chi connectivity index (χ2v) is 6.06. The quantitative estimate of drug-likeness (QED) is 0.869. The van der Waals surface area contributed by atoms with Crippen LogP contribution >= 0.6 is 0 Å². The summed E-state index contributed by atoms with van der Waals surface area (Å²) >= 11 is 0. The monoisotopic (exact) mass is 282 g/mol. The molecule has 2 rings (SSSR count). The molecule has 5 nitrogen and oxygen atoms in total. The van der Waals surface area contributed by atoms with Crippen molar-refractivity contribution in [3.63, 3.8) is 0 Å². The predicted molar refractivity (Wildman–Crippen MR) is 75.2 cm³/mol. The summed E-state index contributed by atoms with van der Waals surface area (Å²) in [5, 5.41) is 13.9. The summed E-state index contributed by atoms with van der Waals surface area (Å²) in [6.45, 7) is 4.28. The number of aromatic nitrogens is 2. The molecule has 20 heavy (non-hydrogen) atoms. The number of methoxy groups -OCH3 is 1. The minimum absolute atomic E-state index is 0.405. The Morgan fingerprint density at radius 3 is 3.00 bits per heavy atom. The van der Waals surface area contributed by atoms with Crippen molar-refractivity contribution in [1.29, 1.82) is 0 Å². The van der Waals surface area contributed by atoms with E-state index in [0.29, 0.717) is 24.1 Å². The molecule has 0 radical (unpaired) electrons. The first kappa shape index (κ1) is 15.4. The number of aliphatic hydroxyl groups excluding tert-OH is 1. The van der Waals surface area contributed by atoms with Crippen LogP contribution in [0.2, 0.25) is 0 Å². The van der Waals surface area contributed by atoms with Crippen molar-refractivity contribution in [3.05, 3.63) is 11.7 Å². The van der Waals surface area contributed by atoms with Crippen LogP contribution in [0.4, 0.5) is 0 Å². The van der Waals surface area contributed by atoms with Crippen molar-refractivity contribution in [1.82, 2.24) is 10.1 Å². The van der Waals surface area contributed by atoms with Gasteiger partial charge < -0.3 is 14.4 Å². The molecule has 3 unspecified atom stereocenters. The molecule has 114 valence electrons. The van der Waals surface area contributed by atoms with Crippen LogP contribution in [-0.4, -0.2) is 28.5 Å². The van der Waals surface area contributed by atoms with E-state index < -0.39 is 11.7 Å². The number of aliphatic hydroxyl groups is 1. The average molecular weight is 282 g/mol. The van der Waals surface area contributed by atoms with E-state index in [0.717, 1.165) is 32.1 Å². The van der Waals surface area contributed by atoms with Gasteiger partial charge in [-0.2, -0.15) is 4.98 Å². The average Bonchev–Trinajstić information content (AvgIpc) is 2.88. The van der Waals surface area contributed by atoms with Crippen LogP contribution < -0.4 is 0 Å². The molecule has 0 aliphatic heterocycles. The molecule has 0 amide bonds. The van der Waals surface area contributed by atoms with Gasteiger partial charge in [0.15, 0.2) is 0 Å². The highest BCUT2D eigenvalue weighted by Gasteiger charge is 2.40.